The minimum absolute atomic E-state index is 0.0422. The number of benzene rings is 2. The zero-order valence-corrected chi connectivity index (χ0v) is 15.0. The Labute approximate surface area is 156 Å². The molecule has 0 atom stereocenters. The van der Waals surface area contributed by atoms with Crippen LogP contribution in [0.3, 0.4) is 0 Å². The summed E-state index contributed by atoms with van der Waals surface area (Å²) in [4.78, 5) is 28.2. The van der Waals surface area contributed by atoms with E-state index in [0.29, 0.717) is 31.9 Å². The second-order valence-corrected chi connectivity index (χ2v) is 6.29. The van der Waals surface area contributed by atoms with Crippen molar-refractivity contribution in [2.45, 2.75) is 6.42 Å². The van der Waals surface area contributed by atoms with Crippen LogP contribution in [0.15, 0.2) is 42.5 Å². The maximum Gasteiger partial charge on any atom is 0.254 e. The van der Waals surface area contributed by atoms with Gasteiger partial charge in [0.15, 0.2) is 11.6 Å². The van der Waals surface area contributed by atoms with E-state index < -0.39 is 11.6 Å². The van der Waals surface area contributed by atoms with Crippen LogP contribution in [-0.4, -0.2) is 54.9 Å². The average molecular weight is 374 g/mol. The van der Waals surface area contributed by atoms with Crippen LogP contribution in [-0.2, 0) is 11.2 Å². The number of hydrogen-bond donors (Lipinski definition) is 0. The van der Waals surface area contributed by atoms with Gasteiger partial charge in [-0.1, -0.05) is 18.2 Å². The van der Waals surface area contributed by atoms with E-state index >= 15 is 0 Å². The molecule has 1 fully saturated rings. The Morgan fingerprint density at radius 1 is 0.963 bits per heavy atom. The molecule has 3 rings (SSSR count). The Hall–Kier alpha value is -2.96. The van der Waals surface area contributed by atoms with Gasteiger partial charge in [-0.2, -0.15) is 0 Å². The fourth-order valence-electron chi connectivity index (χ4n) is 3.09. The Morgan fingerprint density at radius 2 is 1.63 bits per heavy atom. The number of halogens is 2. The summed E-state index contributed by atoms with van der Waals surface area (Å²) in [5.41, 5.74) is 0.910. The molecule has 0 aliphatic carbocycles. The van der Waals surface area contributed by atoms with Gasteiger partial charge in [0.05, 0.1) is 13.5 Å². The van der Waals surface area contributed by atoms with Gasteiger partial charge in [0.1, 0.15) is 5.75 Å². The molecule has 2 amide bonds. The summed E-state index contributed by atoms with van der Waals surface area (Å²) in [6, 6.07) is 10.5. The van der Waals surface area contributed by atoms with Crippen molar-refractivity contribution in [3.05, 3.63) is 65.2 Å². The first-order valence-corrected chi connectivity index (χ1v) is 8.63. The summed E-state index contributed by atoms with van der Waals surface area (Å²) < 4.78 is 31.6. The van der Waals surface area contributed by atoms with Crippen molar-refractivity contribution in [3.8, 4) is 5.75 Å². The van der Waals surface area contributed by atoms with Crippen LogP contribution < -0.4 is 4.74 Å². The minimum atomic E-state index is -1.05. The van der Waals surface area contributed by atoms with E-state index in [4.69, 9.17) is 4.74 Å². The molecule has 2 aromatic carbocycles. The van der Waals surface area contributed by atoms with Crippen molar-refractivity contribution >= 4 is 11.8 Å². The number of para-hydroxylation sites is 1. The van der Waals surface area contributed by atoms with Crippen molar-refractivity contribution in [1.29, 1.82) is 0 Å². The number of amides is 2. The maximum atomic E-state index is 13.3. The van der Waals surface area contributed by atoms with Gasteiger partial charge in [-0.25, -0.2) is 8.78 Å². The predicted octanol–water partition coefficient (Wildman–Crippen LogP) is 2.50. The highest BCUT2D eigenvalue weighted by molar-refractivity contribution is 5.94. The molecular weight excluding hydrogens is 354 g/mol. The molecule has 2 aromatic rings. The molecule has 0 unspecified atom stereocenters. The lowest BCUT2D eigenvalue weighted by Crippen LogP contribution is -2.51. The molecule has 0 N–H and O–H groups in total. The Morgan fingerprint density at radius 3 is 2.30 bits per heavy atom. The van der Waals surface area contributed by atoms with Gasteiger partial charge in [0.2, 0.25) is 5.91 Å². The van der Waals surface area contributed by atoms with E-state index in [-0.39, 0.29) is 23.8 Å². The van der Waals surface area contributed by atoms with E-state index in [0.717, 1.165) is 17.7 Å². The Bertz CT molecular complexity index is 849. The number of piperazine rings is 1. The largest absolute Gasteiger partial charge is 0.496 e. The zero-order valence-electron chi connectivity index (χ0n) is 15.0. The third-order valence-electron chi connectivity index (χ3n) is 4.62. The molecule has 0 aromatic heterocycles. The molecule has 0 radical (unpaired) electrons. The average Bonchev–Trinajstić information content (AvgIpc) is 2.70. The first-order chi connectivity index (χ1) is 13.0. The molecule has 0 spiro atoms. The van der Waals surface area contributed by atoms with Crippen LogP contribution in [0.1, 0.15) is 15.9 Å². The lowest BCUT2D eigenvalue weighted by molar-refractivity contribution is -0.131. The van der Waals surface area contributed by atoms with E-state index in [1.165, 1.54) is 6.07 Å². The molecular formula is C20H20F2N2O3. The summed E-state index contributed by atoms with van der Waals surface area (Å²) in [6.45, 7) is 1.47. The normalized spacial score (nSPS) is 14.2. The first kappa shape index (κ1) is 18.8. The van der Waals surface area contributed by atoms with Crippen molar-refractivity contribution in [2.24, 2.45) is 0 Å². The third-order valence-corrected chi connectivity index (χ3v) is 4.62. The van der Waals surface area contributed by atoms with E-state index in [9.17, 15) is 18.4 Å². The van der Waals surface area contributed by atoms with Crippen molar-refractivity contribution in [1.82, 2.24) is 9.80 Å². The standard InChI is InChI=1S/C20H20F2N2O3/c1-27-18-5-3-2-4-14(18)13-19(25)23-8-10-24(11-9-23)20(26)15-6-7-16(21)17(22)12-15/h2-7,12H,8-11,13H2,1H3. The van der Waals surface area contributed by atoms with Gasteiger partial charge in [-0.05, 0) is 24.3 Å². The number of rotatable bonds is 4. The van der Waals surface area contributed by atoms with Gasteiger partial charge in [-0.3, -0.25) is 9.59 Å². The fourth-order valence-corrected chi connectivity index (χ4v) is 3.09. The topological polar surface area (TPSA) is 49.9 Å². The van der Waals surface area contributed by atoms with Gasteiger partial charge in [-0.15, -0.1) is 0 Å². The van der Waals surface area contributed by atoms with Gasteiger partial charge in [0, 0.05) is 37.3 Å². The van der Waals surface area contributed by atoms with Crippen LogP contribution in [0, 0.1) is 11.6 Å². The molecule has 1 aliphatic heterocycles. The molecule has 1 aliphatic rings. The summed E-state index contributed by atoms with van der Waals surface area (Å²) in [6.07, 6.45) is 0.223. The minimum Gasteiger partial charge on any atom is -0.496 e. The molecule has 5 nitrogen and oxygen atoms in total. The number of carbonyl (C=O) groups excluding carboxylic acids is 2. The molecule has 7 heteroatoms. The fraction of sp³-hybridized carbons (Fsp3) is 0.300. The van der Waals surface area contributed by atoms with E-state index in [1.807, 2.05) is 18.2 Å². The second kappa shape index (κ2) is 8.16. The van der Waals surface area contributed by atoms with Gasteiger partial charge < -0.3 is 14.5 Å². The summed E-state index contributed by atoms with van der Waals surface area (Å²) in [5.74, 6) is -1.78. The van der Waals surface area contributed by atoms with E-state index in [2.05, 4.69) is 0 Å². The maximum absolute atomic E-state index is 13.3. The molecule has 142 valence electrons. The molecule has 0 saturated carbocycles. The number of carbonyl (C=O) groups is 2. The van der Waals surface area contributed by atoms with Crippen molar-refractivity contribution < 1.29 is 23.1 Å². The highest BCUT2D eigenvalue weighted by Crippen LogP contribution is 2.19. The van der Waals surface area contributed by atoms with Gasteiger partial charge in [0.25, 0.3) is 5.91 Å². The van der Waals surface area contributed by atoms with Crippen molar-refractivity contribution in [3.63, 3.8) is 0 Å². The monoisotopic (exact) mass is 374 g/mol. The number of ether oxygens (including phenoxy) is 1. The van der Waals surface area contributed by atoms with Crippen molar-refractivity contribution in [2.75, 3.05) is 33.3 Å². The molecule has 0 bridgehead atoms. The smallest absolute Gasteiger partial charge is 0.254 e. The summed E-state index contributed by atoms with van der Waals surface area (Å²) >= 11 is 0. The lowest BCUT2D eigenvalue weighted by Gasteiger charge is -2.35. The predicted molar refractivity (Wildman–Crippen MR) is 95.5 cm³/mol. The Balaban J connectivity index is 1.58. The molecule has 1 heterocycles. The quantitative estimate of drug-likeness (QED) is 0.826. The molecule has 27 heavy (non-hydrogen) atoms. The van der Waals surface area contributed by atoms with Crippen LogP contribution in [0.4, 0.5) is 8.78 Å². The summed E-state index contributed by atoms with van der Waals surface area (Å²) in [7, 11) is 1.56. The van der Waals surface area contributed by atoms with Crippen LogP contribution in [0.5, 0.6) is 5.75 Å². The highest BCUT2D eigenvalue weighted by Gasteiger charge is 2.25. The Kier molecular flexibility index (Phi) is 5.69. The first-order valence-electron chi connectivity index (χ1n) is 8.63. The van der Waals surface area contributed by atoms with Crippen LogP contribution in [0.2, 0.25) is 0 Å². The van der Waals surface area contributed by atoms with Gasteiger partial charge >= 0.3 is 0 Å². The SMILES string of the molecule is COc1ccccc1CC(=O)N1CCN(C(=O)c2ccc(F)c(F)c2)CC1. The third kappa shape index (κ3) is 4.24. The highest BCUT2D eigenvalue weighted by atomic mass is 19.2. The number of methoxy groups -OCH3 is 1. The van der Waals surface area contributed by atoms with E-state index in [1.54, 1.807) is 23.0 Å². The zero-order chi connectivity index (χ0) is 19.4. The molecule has 1 saturated heterocycles. The van der Waals surface area contributed by atoms with Crippen LogP contribution in [0.25, 0.3) is 0 Å². The number of hydrogen-bond acceptors (Lipinski definition) is 3. The van der Waals surface area contributed by atoms with Crippen LogP contribution >= 0.6 is 0 Å². The second-order valence-electron chi connectivity index (χ2n) is 6.29. The lowest BCUT2D eigenvalue weighted by atomic mass is 10.1. The summed E-state index contributed by atoms with van der Waals surface area (Å²) in [5, 5.41) is 0. The number of nitrogens with zero attached hydrogens (tertiary/aromatic N) is 2.